The summed E-state index contributed by atoms with van der Waals surface area (Å²) in [5.41, 5.74) is 2.29. The van der Waals surface area contributed by atoms with Gasteiger partial charge in [0.1, 0.15) is 18.2 Å². The van der Waals surface area contributed by atoms with Crippen LogP contribution in [0.5, 0.6) is 5.75 Å². The fraction of sp³-hybridized carbons (Fsp3) is 0.367. The number of hydrogen-bond acceptors (Lipinski definition) is 7. The largest absolute Gasteiger partial charge is 0.492 e. The van der Waals surface area contributed by atoms with E-state index in [1.807, 2.05) is 69.3 Å². The Labute approximate surface area is 233 Å². The minimum Gasteiger partial charge on any atom is -0.492 e. The van der Waals surface area contributed by atoms with Crippen LogP contribution in [-0.4, -0.2) is 76.9 Å². The lowest BCUT2D eigenvalue weighted by Gasteiger charge is -2.26. The van der Waals surface area contributed by atoms with Crippen molar-refractivity contribution in [2.24, 2.45) is 0 Å². The van der Waals surface area contributed by atoms with E-state index >= 15 is 0 Å². The van der Waals surface area contributed by atoms with Crippen molar-refractivity contribution in [3.05, 3.63) is 72.2 Å². The van der Waals surface area contributed by atoms with Gasteiger partial charge in [0.15, 0.2) is 0 Å². The number of anilines is 2. The molecule has 0 unspecified atom stereocenters. The van der Waals surface area contributed by atoms with Crippen molar-refractivity contribution in [1.29, 1.82) is 0 Å². The van der Waals surface area contributed by atoms with E-state index in [0.29, 0.717) is 29.5 Å². The summed E-state index contributed by atoms with van der Waals surface area (Å²) >= 11 is 0. The number of aliphatic hydroxyl groups is 1. The van der Waals surface area contributed by atoms with E-state index in [4.69, 9.17) is 9.47 Å². The van der Waals surface area contributed by atoms with Gasteiger partial charge in [0, 0.05) is 47.6 Å². The SMILES string of the molecule is Cc1ccc(-n2nc(C(C)(C)CO)cc2NC(=O)Nc2ccc(OCCN3CCOCC3)c3ccccc23)cn1. The first kappa shape index (κ1) is 27.6. The molecule has 0 bridgehead atoms. The molecule has 0 spiro atoms. The van der Waals surface area contributed by atoms with Crippen LogP contribution < -0.4 is 15.4 Å². The number of nitrogens with zero attached hydrogens (tertiary/aromatic N) is 4. The summed E-state index contributed by atoms with van der Waals surface area (Å²) in [4.78, 5) is 19.9. The topological polar surface area (TPSA) is 114 Å². The molecule has 5 rings (SSSR count). The van der Waals surface area contributed by atoms with Crippen LogP contribution in [0.1, 0.15) is 25.2 Å². The Morgan fingerprint density at radius 3 is 2.58 bits per heavy atom. The van der Waals surface area contributed by atoms with Crippen LogP contribution in [0.15, 0.2) is 60.8 Å². The number of nitrogens with one attached hydrogen (secondary N) is 2. The van der Waals surface area contributed by atoms with E-state index in [9.17, 15) is 9.90 Å². The predicted octanol–water partition coefficient (Wildman–Crippen LogP) is 4.35. The minimum atomic E-state index is -0.593. The second-order valence-electron chi connectivity index (χ2n) is 10.6. The van der Waals surface area contributed by atoms with Gasteiger partial charge in [0.05, 0.1) is 43.1 Å². The van der Waals surface area contributed by atoms with Gasteiger partial charge in [-0.1, -0.05) is 38.1 Å². The predicted molar refractivity (Wildman–Crippen MR) is 156 cm³/mol. The highest BCUT2D eigenvalue weighted by molar-refractivity contribution is 6.07. The van der Waals surface area contributed by atoms with Gasteiger partial charge >= 0.3 is 6.03 Å². The lowest BCUT2D eigenvalue weighted by Crippen LogP contribution is -2.38. The molecule has 1 fully saturated rings. The zero-order valence-electron chi connectivity index (χ0n) is 23.2. The Morgan fingerprint density at radius 2 is 1.85 bits per heavy atom. The van der Waals surface area contributed by atoms with E-state index in [-0.39, 0.29) is 6.61 Å². The second kappa shape index (κ2) is 12.0. The Hall–Kier alpha value is -3.99. The van der Waals surface area contributed by atoms with Crippen molar-refractivity contribution < 1.29 is 19.4 Å². The molecule has 4 aromatic rings. The number of fused-ring (bicyclic) bond motifs is 1. The maximum atomic E-state index is 13.2. The second-order valence-corrected chi connectivity index (χ2v) is 10.6. The van der Waals surface area contributed by atoms with Crippen LogP contribution in [0.4, 0.5) is 16.3 Å². The van der Waals surface area contributed by atoms with Crippen LogP contribution in [-0.2, 0) is 10.2 Å². The van der Waals surface area contributed by atoms with Crippen molar-refractivity contribution in [3.8, 4) is 11.4 Å². The number of benzene rings is 2. The lowest BCUT2D eigenvalue weighted by atomic mass is 9.91. The van der Waals surface area contributed by atoms with E-state index in [0.717, 1.165) is 55.1 Å². The molecule has 1 saturated heterocycles. The first-order valence-corrected chi connectivity index (χ1v) is 13.5. The summed E-state index contributed by atoms with van der Waals surface area (Å²) < 4.78 is 13.2. The Balaban J connectivity index is 1.34. The number of pyridine rings is 1. The summed E-state index contributed by atoms with van der Waals surface area (Å²) in [6, 6.07) is 16.7. The molecule has 2 amide bonds. The number of amides is 2. The molecule has 40 heavy (non-hydrogen) atoms. The van der Waals surface area contributed by atoms with Crippen molar-refractivity contribution in [3.63, 3.8) is 0 Å². The average Bonchev–Trinajstić information content (AvgIpc) is 3.39. The summed E-state index contributed by atoms with van der Waals surface area (Å²) in [6.45, 7) is 10.4. The van der Waals surface area contributed by atoms with Gasteiger partial charge in [0.2, 0.25) is 0 Å². The summed E-state index contributed by atoms with van der Waals surface area (Å²) in [5, 5.41) is 22.3. The molecule has 1 aliphatic rings. The molecule has 10 heteroatoms. The van der Waals surface area contributed by atoms with Gasteiger partial charge in [-0.05, 0) is 31.2 Å². The Morgan fingerprint density at radius 1 is 1.07 bits per heavy atom. The van der Waals surface area contributed by atoms with Crippen LogP contribution in [0.2, 0.25) is 0 Å². The monoisotopic (exact) mass is 544 g/mol. The summed E-state index contributed by atoms with van der Waals surface area (Å²) in [5.74, 6) is 1.24. The standard InChI is InChI=1S/C30H36N6O4/c1-21-8-9-22(19-31-21)36-28(18-27(34-36)30(2,3)20-37)33-29(38)32-25-10-11-26(24-7-5-4-6-23(24)25)40-17-14-35-12-15-39-16-13-35/h4-11,18-19,37H,12-17,20H2,1-3H3,(H2,32,33,38). The van der Waals surface area contributed by atoms with Crippen molar-refractivity contribution in [1.82, 2.24) is 19.7 Å². The van der Waals surface area contributed by atoms with Crippen molar-refractivity contribution >= 4 is 28.3 Å². The zero-order chi connectivity index (χ0) is 28.1. The molecule has 2 aromatic carbocycles. The number of aromatic nitrogens is 3. The average molecular weight is 545 g/mol. The van der Waals surface area contributed by atoms with Gasteiger partial charge in [-0.2, -0.15) is 5.10 Å². The van der Waals surface area contributed by atoms with Crippen LogP contribution in [0.25, 0.3) is 16.5 Å². The first-order chi connectivity index (χ1) is 19.3. The Kier molecular flexibility index (Phi) is 8.29. The molecular weight excluding hydrogens is 508 g/mol. The first-order valence-electron chi connectivity index (χ1n) is 13.5. The molecule has 3 heterocycles. The molecule has 1 aliphatic heterocycles. The number of carbonyl (C=O) groups is 1. The molecule has 3 N–H and O–H groups in total. The number of ether oxygens (including phenoxy) is 2. The normalized spacial score (nSPS) is 14.3. The molecule has 0 saturated carbocycles. The summed E-state index contributed by atoms with van der Waals surface area (Å²) in [6.07, 6.45) is 1.70. The Bertz CT molecular complexity index is 1460. The minimum absolute atomic E-state index is 0.0886. The van der Waals surface area contributed by atoms with Gasteiger partial charge in [-0.15, -0.1) is 0 Å². The summed E-state index contributed by atoms with van der Waals surface area (Å²) in [7, 11) is 0. The fourth-order valence-electron chi connectivity index (χ4n) is 4.55. The van der Waals surface area contributed by atoms with Gasteiger partial charge < -0.3 is 19.9 Å². The molecule has 0 radical (unpaired) electrons. The molecule has 2 aromatic heterocycles. The van der Waals surface area contributed by atoms with E-state index in [1.165, 1.54) is 0 Å². The number of rotatable bonds is 9. The zero-order valence-corrected chi connectivity index (χ0v) is 23.2. The third-order valence-electron chi connectivity index (χ3n) is 7.08. The van der Waals surface area contributed by atoms with Crippen LogP contribution in [0, 0.1) is 6.92 Å². The highest BCUT2D eigenvalue weighted by Crippen LogP contribution is 2.32. The van der Waals surface area contributed by atoms with Gasteiger partial charge in [-0.3, -0.25) is 15.2 Å². The molecule has 10 nitrogen and oxygen atoms in total. The lowest BCUT2D eigenvalue weighted by molar-refractivity contribution is 0.0323. The third kappa shape index (κ3) is 6.25. The van der Waals surface area contributed by atoms with Gasteiger partial charge in [0.25, 0.3) is 0 Å². The number of hydrogen-bond donors (Lipinski definition) is 3. The van der Waals surface area contributed by atoms with Crippen molar-refractivity contribution in [2.45, 2.75) is 26.2 Å². The smallest absolute Gasteiger partial charge is 0.324 e. The number of morpholine rings is 1. The number of urea groups is 1. The number of aliphatic hydroxyl groups excluding tert-OH is 1. The number of carbonyl (C=O) groups excluding carboxylic acids is 1. The van der Waals surface area contributed by atoms with Crippen molar-refractivity contribution in [2.75, 3.05) is 56.7 Å². The van der Waals surface area contributed by atoms with Crippen LogP contribution in [0.3, 0.4) is 0 Å². The maximum absolute atomic E-state index is 13.2. The molecule has 210 valence electrons. The fourth-order valence-corrected chi connectivity index (χ4v) is 4.55. The number of aryl methyl sites for hydroxylation is 1. The van der Waals surface area contributed by atoms with E-state index < -0.39 is 11.4 Å². The third-order valence-corrected chi connectivity index (χ3v) is 7.08. The highest BCUT2D eigenvalue weighted by Gasteiger charge is 2.26. The highest BCUT2D eigenvalue weighted by atomic mass is 16.5. The molecular formula is C30H36N6O4. The molecule has 0 atom stereocenters. The van der Waals surface area contributed by atoms with E-state index in [2.05, 4.69) is 25.6 Å². The van der Waals surface area contributed by atoms with E-state index in [1.54, 1.807) is 16.9 Å². The van der Waals surface area contributed by atoms with Gasteiger partial charge in [-0.25, -0.2) is 9.48 Å². The molecule has 0 aliphatic carbocycles. The quantitative estimate of drug-likeness (QED) is 0.287. The van der Waals surface area contributed by atoms with Crippen LogP contribution >= 0.6 is 0 Å². The maximum Gasteiger partial charge on any atom is 0.324 e.